The molecule has 20 heavy (non-hydrogen) atoms. The minimum absolute atomic E-state index is 0.213. The zero-order valence-corrected chi connectivity index (χ0v) is 11.4. The maximum absolute atomic E-state index is 11.7. The smallest absolute Gasteiger partial charge is 0.332 e. The van der Waals surface area contributed by atoms with E-state index in [4.69, 9.17) is 0 Å². The summed E-state index contributed by atoms with van der Waals surface area (Å²) in [6.45, 7) is 0.213. The summed E-state index contributed by atoms with van der Waals surface area (Å²) in [5.74, 6) is 0.382. The highest BCUT2D eigenvalue weighted by Crippen LogP contribution is 2.12. The van der Waals surface area contributed by atoms with E-state index in [0.29, 0.717) is 5.82 Å². The van der Waals surface area contributed by atoms with Crippen molar-refractivity contribution in [3.8, 4) is 0 Å². The number of aliphatic hydroxyl groups excluding tert-OH is 1. The third-order valence-electron chi connectivity index (χ3n) is 3.19. The first-order valence-electron chi connectivity index (χ1n) is 6.24. The largest absolute Gasteiger partial charge is 0.387 e. The number of hydrogen-bond acceptors (Lipinski definition) is 4. The van der Waals surface area contributed by atoms with Crippen molar-refractivity contribution in [2.75, 3.05) is 11.9 Å². The molecule has 2 rings (SSSR count). The molecular formula is C14H17N3O3. The molecule has 0 aliphatic heterocycles. The number of rotatable bonds is 4. The molecule has 0 aliphatic carbocycles. The first-order chi connectivity index (χ1) is 9.50. The number of nitrogens with zero attached hydrogens (tertiary/aromatic N) is 2. The van der Waals surface area contributed by atoms with E-state index in [2.05, 4.69) is 5.32 Å². The molecule has 1 unspecified atom stereocenters. The van der Waals surface area contributed by atoms with Gasteiger partial charge in [-0.25, -0.2) is 4.79 Å². The standard InChI is InChI=1S/C14H17N3O3/c1-16-12(8-13(19)17(2)14(16)20)15-9-11(18)10-6-4-3-5-7-10/h3-8,11,15,18H,9H2,1-2H3. The van der Waals surface area contributed by atoms with Gasteiger partial charge in [-0.05, 0) is 5.56 Å². The van der Waals surface area contributed by atoms with Gasteiger partial charge in [0.05, 0.1) is 6.10 Å². The molecule has 1 aromatic carbocycles. The van der Waals surface area contributed by atoms with E-state index in [0.717, 1.165) is 10.1 Å². The minimum Gasteiger partial charge on any atom is -0.387 e. The second kappa shape index (κ2) is 5.75. The number of anilines is 1. The Morgan fingerprint density at radius 1 is 1.15 bits per heavy atom. The minimum atomic E-state index is -0.713. The quantitative estimate of drug-likeness (QED) is 0.837. The maximum Gasteiger partial charge on any atom is 0.332 e. The fourth-order valence-corrected chi connectivity index (χ4v) is 1.90. The third kappa shape index (κ3) is 2.80. The molecule has 106 valence electrons. The van der Waals surface area contributed by atoms with Crippen molar-refractivity contribution in [1.29, 1.82) is 0 Å². The van der Waals surface area contributed by atoms with Crippen LogP contribution in [0.1, 0.15) is 11.7 Å². The van der Waals surface area contributed by atoms with Crippen molar-refractivity contribution in [2.45, 2.75) is 6.10 Å². The van der Waals surface area contributed by atoms with Crippen molar-refractivity contribution in [3.63, 3.8) is 0 Å². The van der Waals surface area contributed by atoms with Crippen LogP contribution in [-0.4, -0.2) is 20.8 Å². The summed E-state index contributed by atoms with van der Waals surface area (Å²) >= 11 is 0. The molecule has 1 atom stereocenters. The van der Waals surface area contributed by atoms with Gasteiger partial charge >= 0.3 is 5.69 Å². The van der Waals surface area contributed by atoms with Crippen LogP contribution in [0.3, 0.4) is 0 Å². The highest BCUT2D eigenvalue weighted by atomic mass is 16.3. The number of hydrogen-bond donors (Lipinski definition) is 2. The molecule has 0 spiro atoms. The van der Waals surface area contributed by atoms with Gasteiger partial charge in [-0.3, -0.25) is 13.9 Å². The Bertz CT molecular complexity index is 704. The van der Waals surface area contributed by atoms with Crippen LogP contribution in [-0.2, 0) is 14.1 Å². The Kier molecular flexibility index (Phi) is 4.05. The number of aliphatic hydroxyl groups is 1. The molecule has 6 nitrogen and oxygen atoms in total. The van der Waals surface area contributed by atoms with E-state index in [1.165, 1.54) is 17.7 Å². The van der Waals surface area contributed by atoms with Crippen molar-refractivity contribution >= 4 is 5.82 Å². The van der Waals surface area contributed by atoms with Crippen LogP contribution < -0.4 is 16.6 Å². The predicted molar refractivity (Wildman–Crippen MR) is 76.8 cm³/mol. The fraction of sp³-hybridized carbons (Fsp3) is 0.286. The summed E-state index contributed by atoms with van der Waals surface area (Å²) in [6, 6.07) is 10.5. The Morgan fingerprint density at radius 3 is 2.45 bits per heavy atom. The molecule has 0 saturated heterocycles. The van der Waals surface area contributed by atoms with E-state index in [1.54, 1.807) is 7.05 Å². The molecule has 0 aliphatic rings. The number of nitrogens with one attached hydrogen (secondary N) is 1. The molecule has 0 bridgehead atoms. The molecule has 0 radical (unpaired) electrons. The summed E-state index contributed by atoms with van der Waals surface area (Å²) in [6.07, 6.45) is -0.713. The topological polar surface area (TPSA) is 76.3 Å². The zero-order valence-electron chi connectivity index (χ0n) is 11.4. The monoisotopic (exact) mass is 275 g/mol. The van der Waals surface area contributed by atoms with Crippen LogP contribution in [0.4, 0.5) is 5.82 Å². The highest BCUT2D eigenvalue weighted by molar-refractivity contribution is 5.34. The van der Waals surface area contributed by atoms with Crippen molar-refractivity contribution < 1.29 is 5.11 Å². The lowest BCUT2D eigenvalue weighted by molar-refractivity contribution is 0.191. The summed E-state index contributed by atoms with van der Waals surface area (Å²) in [7, 11) is 2.99. The van der Waals surface area contributed by atoms with Crippen LogP contribution in [0.25, 0.3) is 0 Å². The highest BCUT2D eigenvalue weighted by Gasteiger charge is 2.09. The average Bonchev–Trinajstić information content (AvgIpc) is 2.48. The molecule has 0 fully saturated rings. The Morgan fingerprint density at radius 2 is 1.80 bits per heavy atom. The summed E-state index contributed by atoms with van der Waals surface area (Å²) in [4.78, 5) is 23.3. The summed E-state index contributed by atoms with van der Waals surface area (Å²) < 4.78 is 2.36. The maximum atomic E-state index is 11.7. The van der Waals surface area contributed by atoms with Gasteiger partial charge in [0.2, 0.25) is 0 Å². The van der Waals surface area contributed by atoms with Gasteiger partial charge < -0.3 is 10.4 Å². The van der Waals surface area contributed by atoms with Gasteiger partial charge in [0.1, 0.15) is 5.82 Å². The van der Waals surface area contributed by atoms with Crippen LogP contribution in [0.5, 0.6) is 0 Å². The predicted octanol–water partition coefficient (Wildman–Crippen LogP) is 0.229. The first-order valence-corrected chi connectivity index (χ1v) is 6.24. The molecule has 1 heterocycles. The van der Waals surface area contributed by atoms with Gasteiger partial charge in [0, 0.05) is 26.7 Å². The van der Waals surface area contributed by atoms with E-state index >= 15 is 0 Å². The molecular weight excluding hydrogens is 258 g/mol. The number of benzene rings is 1. The molecule has 0 amide bonds. The van der Waals surface area contributed by atoms with Gasteiger partial charge in [-0.15, -0.1) is 0 Å². The van der Waals surface area contributed by atoms with E-state index in [9.17, 15) is 14.7 Å². The molecule has 1 aromatic heterocycles. The zero-order chi connectivity index (χ0) is 14.7. The average molecular weight is 275 g/mol. The third-order valence-corrected chi connectivity index (χ3v) is 3.19. The van der Waals surface area contributed by atoms with Crippen molar-refractivity contribution in [1.82, 2.24) is 9.13 Å². The Labute approximate surface area is 115 Å². The fourth-order valence-electron chi connectivity index (χ4n) is 1.90. The summed E-state index contributed by atoms with van der Waals surface area (Å²) in [5, 5.41) is 13.0. The summed E-state index contributed by atoms with van der Waals surface area (Å²) in [5.41, 5.74) is -0.0205. The van der Waals surface area contributed by atoms with Crippen molar-refractivity contribution in [2.24, 2.45) is 14.1 Å². The Balaban J connectivity index is 2.16. The van der Waals surface area contributed by atoms with E-state index in [-0.39, 0.29) is 12.1 Å². The Hall–Kier alpha value is -2.34. The molecule has 2 aromatic rings. The van der Waals surface area contributed by atoms with Gasteiger partial charge in [0.25, 0.3) is 5.56 Å². The molecule has 2 N–H and O–H groups in total. The molecule has 0 saturated carbocycles. The second-order valence-corrected chi connectivity index (χ2v) is 4.58. The van der Waals surface area contributed by atoms with Crippen LogP contribution in [0, 0.1) is 0 Å². The van der Waals surface area contributed by atoms with E-state index < -0.39 is 11.8 Å². The lowest BCUT2D eigenvalue weighted by Crippen LogP contribution is -2.37. The van der Waals surface area contributed by atoms with Gasteiger partial charge in [-0.2, -0.15) is 0 Å². The lowest BCUT2D eigenvalue weighted by atomic mass is 10.1. The van der Waals surface area contributed by atoms with Gasteiger partial charge in [-0.1, -0.05) is 30.3 Å². The van der Waals surface area contributed by atoms with E-state index in [1.807, 2.05) is 30.3 Å². The second-order valence-electron chi connectivity index (χ2n) is 4.58. The SMILES string of the molecule is Cn1c(NCC(O)c2ccccc2)cc(=O)n(C)c1=O. The normalized spacial score (nSPS) is 12.2. The molecule has 6 heteroatoms. The lowest BCUT2D eigenvalue weighted by Gasteiger charge is -2.15. The van der Waals surface area contributed by atoms with Crippen molar-refractivity contribution in [3.05, 3.63) is 62.8 Å². The van der Waals surface area contributed by atoms with Crippen LogP contribution in [0.2, 0.25) is 0 Å². The van der Waals surface area contributed by atoms with Crippen LogP contribution >= 0.6 is 0 Å². The number of aromatic nitrogens is 2. The van der Waals surface area contributed by atoms with Crippen LogP contribution in [0.15, 0.2) is 46.0 Å². The van der Waals surface area contributed by atoms with Gasteiger partial charge in [0.15, 0.2) is 0 Å². The first kappa shape index (κ1) is 14.1.